The Balaban J connectivity index is 2.36. The van der Waals surface area contributed by atoms with Gasteiger partial charge in [0.05, 0.1) is 0 Å². The van der Waals surface area contributed by atoms with E-state index in [4.69, 9.17) is 10.7 Å². The van der Waals surface area contributed by atoms with Crippen LogP contribution in [-0.2, 0) is 15.6 Å². The molecule has 0 amide bonds. The van der Waals surface area contributed by atoms with Gasteiger partial charge in [-0.3, -0.25) is 0 Å². The molecule has 1 fully saturated rings. The van der Waals surface area contributed by atoms with Crippen LogP contribution in [0.4, 0.5) is 0 Å². The lowest BCUT2D eigenvalue weighted by Crippen LogP contribution is -2.05. The number of hydrogen-bond donors (Lipinski definition) is 0. The minimum Gasteiger partial charge on any atom is -0.333 e. The molecule has 2 rings (SSSR count). The van der Waals surface area contributed by atoms with Crippen LogP contribution in [0.2, 0.25) is 0 Å². The lowest BCUT2D eigenvalue weighted by Gasteiger charge is -2.08. The van der Waals surface area contributed by atoms with Gasteiger partial charge in [0.1, 0.15) is 5.82 Å². The smallest absolute Gasteiger partial charge is 0.280 e. The van der Waals surface area contributed by atoms with Gasteiger partial charge in [0.2, 0.25) is 0 Å². The van der Waals surface area contributed by atoms with Crippen LogP contribution in [0.25, 0.3) is 0 Å². The van der Waals surface area contributed by atoms with Crippen LogP contribution in [0.3, 0.4) is 0 Å². The van der Waals surface area contributed by atoms with Crippen LogP contribution in [0.5, 0.6) is 0 Å². The van der Waals surface area contributed by atoms with Crippen LogP contribution in [-0.4, -0.2) is 18.0 Å². The zero-order valence-electron chi connectivity index (χ0n) is 9.35. The van der Waals surface area contributed by atoms with E-state index in [0.29, 0.717) is 5.92 Å². The lowest BCUT2D eigenvalue weighted by molar-refractivity contribution is 0.576. The third-order valence-corrected chi connectivity index (χ3v) is 3.87. The van der Waals surface area contributed by atoms with E-state index < -0.39 is 9.05 Å². The summed E-state index contributed by atoms with van der Waals surface area (Å²) in [5.74, 6) is 1.68. The van der Waals surface area contributed by atoms with Crippen LogP contribution in [0.15, 0.2) is 11.2 Å². The highest BCUT2D eigenvalue weighted by atomic mass is 35.7. The second-order valence-corrected chi connectivity index (χ2v) is 7.14. The van der Waals surface area contributed by atoms with Gasteiger partial charge < -0.3 is 4.57 Å². The number of imidazole rings is 1. The zero-order valence-corrected chi connectivity index (χ0v) is 10.9. The van der Waals surface area contributed by atoms with Crippen molar-refractivity contribution < 1.29 is 8.42 Å². The summed E-state index contributed by atoms with van der Waals surface area (Å²) in [5.41, 5.74) is 0. The molecule has 0 unspecified atom stereocenters. The highest BCUT2D eigenvalue weighted by Gasteiger charge is 2.25. The average molecular weight is 263 g/mol. The van der Waals surface area contributed by atoms with Crippen molar-refractivity contribution in [3.63, 3.8) is 0 Å². The molecule has 4 nitrogen and oxygen atoms in total. The molecule has 1 aromatic rings. The van der Waals surface area contributed by atoms with Crippen molar-refractivity contribution in [1.29, 1.82) is 0 Å². The highest BCUT2D eigenvalue weighted by molar-refractivity contribution is 8.13. The van der Waals surface area contributed by atoms with Gasteiger partial charge >= 0.3 is 0 Å². The van der Waals surface area contributed by atoms with Crippen LogP contribution >= 0.6 is 10.7 Å². The largest absolute Gasteiger partial charge is 0.333 e. The van der Waals surface area contributed by atoms with Crippen LogP contribution < -0.4 is 0 Å². The normalized spacial score (nSPS) is 17.0. The molecule has 0 spiro atoms. The fraction of sp³-hybridized carbons (Fsp3) is 0.700. The van der Waals surface area contributed by atoms with E-state index in [1.165, 1.54) is 12.8 Å². The van der Waals surface area contributed by atoms with Crippen LogP contribution in [0, 0.1) is 5.92 Å². The average Bonchev–Trinajstić information content (AvgIpc) is 2.80. The Morgan fingerprint density at radius 2 is 2.19 bits per heavy atom. The quantitative estimate of drug-likeness (QED) is 0.783. The van der Waals surface area contributed by atoms with Gasteiger partial charge in [-0.2, -0.15) is 0 Å². The Bertz CT molecular complexity index is 489. The van der Waals surface area contributed by atoms with Crippen molar-refractivity contribution in [2.75, 3.05) is 0 Å². The van der Waals surface area contributed by atoms with Crippen LogP contribution in [0.1, 0.15) is 38.4 Å². The molecular weight excluding hydrogens is 248 g/mol. The molecule has 0 aliphatic heterocycles. The van der Waals surface area contributed by atoms with Crippen molar-refractivity contribution in [2.24, 2.45) is 5.92 Å². The maximum Gasteiger partial charge on any atom is 0.280 e. The summed E-state index contributed by atoms with van der Waals surface area (Å²) in [6.07, 6.45) is 3.99. The molecular formula is C10H15ClN2O2S. The summed E-state index contributed by atoms with van der Waals surface area (Å²) in [4.78, 5) is 4.10. The molecule has 1 saturated carbocycles. The van der Waals surface area contributed by atoms with Crippen molar-refractivity contribution >= 4 is 19.7 Å². The molecule has 0 radical (unpaired) electrons. The SMILES string of the molecule is CC(C)c1nc(S(=O)(=O)Cl)cn1CC1CC1. The van der Waals surface area contributed by atoms with Gasteiger partial charge in [0.15, 0.2) is 5.03 Å². The monoisotopic (exact) mass is 262 g/mol. The third-order valence-electron chi connectivity index (χ3n) is 2.70. The zero-order chi connectivity index (χ0) is 11.9. The summed E-state index contributed by atoms with van der Waals surface area (Å²) < 4.78 is 24.4. The first kappa shape index (κ1) is 11.9. The van der Waals surface area contributed by atoms with E-state index in [0.717, 1.165) is 12.4 Å². The minimum absolute atomic E-state index is 0.0292. The van der Waals surface area contributed by atoms with E-state index in [9.17, 15) is 8.42 Å². The molecule has 1 heterocycles. The Morgan fingerprint density at radius 1 is 1.56 bits per heavy atom. The Hall–Kier alpha value is -0.550. The minimum atomic E-state index is -3.71. The van der Waals surface area contributed by atoms with Gasteiger partial charge in [-0.15, -0.1) is 0 Å². The molecule has 0 saturated heterocycles. The summed E-state index contributed by atoms with van der Waals surface area (Å²) >= 11 is 0. The Labute approximate surface area is 100 Å². The van der Waals surface area contributed by atoms with E-state index in [1.807, 2.05) is 18.4 Å². The van der Waals surface area contributed by atoms with E-state index in [-0.39, 0.29) is 10.9 Å². The number of halogens is 1. The van der Waals surface area contributed by atoms with E-state index >= 15 is 0 Å². The summed E-state index contributed by atoms with van der Waals surface area (Å²) in [5, 5.41) is -0.0292. The van der Waals surface area contributed by atoms with Crippen molar-refractivity contribution in [2.45, 2.75) is 44.2 Å². The number of aromatic nitrogens is 2. The molecule has 90 valence electrons. The molecule has 16 heavy (non-hydrogen) atoms. The van der Waals surface area contributed by atoms with Gasteiger partial charge in [-0.1, -0.05) is 13.8 Å². The van der Waals surface area contributed by atoms with Crippen molar-refractivity contribution in [3.05, 3.63) is 12.0 Å². The van der Waals surface area contributed by atoms with Gasteiger partial charge in [0.25, 0.3) is 9.05 Å². The van der Waals surface area contributed by atoms with E-state index in [2.05, 4.69) is 4.98 Å². The summed E-state index contributed by atoms with van der Waals surface area (Å²) in [6.45, 7) is 4.85. The number of nitrogens with zero attached hydrogens (tertiary/aromatic N) is 2. The molecule has 1 aliphatic carbocycles. The number of rotatable bonds is 4. The Kier molecular flexibility index (Phi) is 3.01. The van der Waals surface area contributed by atoms with Gasteiger partial charge in [-0.05, 0) is 18.8 Å². The van der Waals surface area contributed by atoms with Gasteiger partial charge in [-0.25, -0.2) is 13.4 Å². The maximum absolute atomic E-state index is 11.2. The van der Waals surface area contributed by atoms with E-state index in [1.54, 1.807) is 6.20 Å². The molecule has 0 atom stereocenters. The first-order chi connectivity index (χ1) is 7.38. The second kappa shape index (κ2) is 4.04. The van der Waals surface area contributed by atoms with Crippen molar-refractivity contribution in [3.8, 4) is 0 Å². The summed E-state index contributed by atoms with van der Waals surface area (Å²) in [6, 6.07) is 0. The lowest BCUT2D eigenvalue weighted by atomic mass is 10.2. The molecule has 0 N–H and O–H groups in total. The molecule has 1 aliphatic rings. The Morgan fingerprint density at radius 3 is 2.62 bits per heavy atom. The molecule has 1 aromatic heterocycles. The fourth-order valence-corrected chi connectivity index (χ4v) is 2.39. The highest BCUT2D eigenvalue weighted by Crippen LogP contribution is 2.32. The standard InChI is InChI=1S/C10H15ClN2O2S/c1-7(2)10-12-9(16(11,14)15)6-13(10)5-8-3-4-8/h6-8H,3-5H2,1-2H3. The first-order valence-corrected chi connectivity index (χ1v) is 7.70. The third kappa shape index (κ3) is 2.58. The molecule has 0 bridgehead atoms. The predicted octanol–water partition coefficient (Wildman–Crippen LogP) is 2.34. The predicted molar refractivity (Wildman–Crippen MR) is 62.1 cm³/mol. The van der Waals surface area contributed by atoms with Crippen molar-refractivity contribution in [1.82, 2.24) is 9.55 Å². The molecule has 6 heteroatoms. The fourth-order valence-electron chi connectivity index (χ4n) is 1.71. The number of hydrogen-bond acceptors (Lipinski definition) is 3. The molecule has 0 aromatic carbocycles. The van der Waals surface area contributed by atoms with Gasteiger partial charge in [0, 0.05) is 29.3 Å². The first-order valence-electron chi connectivity index (χ1n) is 5.39. The topological polar surface area (TPSA) is 52.0 Å². The summed E-state index contributed by atoms with van der Waals surface area (Å²) in [7, 11) is 1.58. The second-order valence-electron chi connectivity index (χ2n) is 4.63. The maximum atomic E-state index is 11.2.